The van der Waals surface area contributed by atoms with E-state index in [1.54, 1.807) is 11.3 Å². The van der Waals surface area contributed by atoms with Crippen LogP contribution in [0.2, 0.25) is 0 Å². The van der Waals surface area contributed by atoms with Gasteiger partial charge in [0, 0.05) is 18.5 Å². The van der Waals surface area contributed by atoms with Gasteiger partial charge in [-0.2, -0.15) is 0 Å². The Bertz CT molecular complexity index is 575. The third-order valence-electron chi connectivity index (χ3n) is 4.31. The van der Waals surface area contributed by atoms with Gasteiger partial charge in [-0.15, -0.1) is 11.3 Å². The summed E-state index contributed by atoms with van der Waals surface area (Å²) in [6.45, 7) is 9.04. The van der Waals surface area contributed by atoms with E-state index in [4.69, 9.17) is 0 Å². The smallest absolute Gasteiger partial charge is 0.115 e. The third kappa shape index (κ3) is 3.13. The van der Waals surface area contributed by atoms with E-state index in [0.717, 1.165) is 13.1 Å². The number of rotatable bonds is 2. The second-order valence-corrected chi connectivity index (χ2v) is 7.76. The molecule has 0 amide bonds. The van der Waals surface area contributed by atoms with Crippen LogP contribution in [0.4, 0.5) is 5.00 Å². The molecule has 0 radical (unpaired) electrons. The summed E-state index contributed by atoms with van der Waals surface area (Å²) in [5, 5.41) is 1.38. The van der Waals surface area contributed by atoms with E-state index in [9.17, 15) is 0 Å². The number of hydrogen-bond acceptors (Lipinski definition) is 3. The number of nitrogens with zero attached hydrogens (tertiary/aromatic N) is 2. The molecule has 3 heteroatoms. The molecule has 1 aromatic heterocycles. The molecule has 2 nitrogen and oxygen atoms in total. The first-order valence-electron chi connectivity index (χ1n) is 7.79. The molecule has 1 saturated heterocycles. The van der Waals surface area contributed by atoms with E-state index < -0.39 is 0 Å². The third-order valence-corrected chi connectivity index (χ3v) is 5.20. The zero-order chi connectivity index (χ0) is 14.9. The van der Waals surface area contributed by atoms with Crippen LogP contribution in [-0.4, -0.2) is 18.1 Å². The molecule has 0 N–H and O–H groups in total. The Kier molecular flexibility index (Phi) is 4.03. The van der Waals surface area contributed by atoms with Crippen LogP contribution < -0.4 is 4.90 Å². The lowest BCUT2D eigenvalue weighted by atomic mass is 9.88. The van der Waals surface area contributed by atoms with Crippen LogP contribution in [0.25, 0.3) is 0 Å². The van der Waals surface area contributed by atoms with Crippen LogP contribution >= 0.6 is 11.3 Å². The van der Waals surface area contributed by atoms with Gasteiger partial charge in [0.05, 0.1) is 11.2 Å². The van der Waals surface area contributed by atoms with Crippen molar-refractivity contribution in [1.29, 1.82) is 0 Å². The standard InChI is InChI=1S/C18H24N2S/c1-18(2,3)16-17(21-13-19-16)20-11-9-15(10-12-20)14-7-5-4-6-8-14/h4-8,13,15H,9-12H2,1-3H3. The van der Waals surface area contributed by atoms with Gasteiger partial charge in [-0.3, -0.25) is 0 Å². The summed E-state index contributed by atoms with van der Waals surface area (Å²) in [4.78, 5) is 7.16. The normalized spacial score (nSPS) is 17.2. The quantitative estimate of drug-likeness (QED) is 0.790. The molecule has 2 heterocycles. The van der Waals surface area contributed by atoms with Gasteiger partial charge in [-0.25, -0.2) is 4.98 Å². The summed E-state index contributed by atoms with van der Waals surface area (Å²) in [7, 11) is 0. The summed E-state index contributed by atoms with van der Waals surface area (Å²) >= 11 is 1.79. The minimum atomic E-state index is 0.131. The molecule has 2 aromatic rings. The summed E-state index contributed by atoms with van der Waals surface area (Å²) in [6.07, 6.45) is 2.48. The second kappa shape index (κ2) is 5.80. The first-order chi connectivity index (χ1) is 10.1. The Morgan fingerprint density at radius 1 is 1.10 bits per heavy atom. The van der Waals surface area contributed by atoms with Gasteiger partial charge in [0.15, 0.2) is 0 Å². The molecule has 3 rings (SSSR count). The SMILES string of the molecule is CC(C)(C)c1ncsc1N1CCC(c2ccccc2)CC1. The molecule has 1 aromatic carbocycles. The van der Waals surface area contributed by atoms with Gasteiger partial charge in [-0.1, -0.05) is 51.1 Å². The molecule has 21 heavy (non-hydrogen) atoms. The van der Waals surface area contributed by atoms with Gasteiger partial charge in [-0.05, 0) is 24.3 Å². The van der Waals surface area contributed by atoms with Gasteiger partial charge in [0.1, 0.15) is 5.00 Å². The lowest BCUT2D eigenvalue weighted by molar-refractivity contribution is 0.500. The lowest BCUT2D eigenvalue weighted by Gasteiger charge is -2.34. The van der Waals surface area contributed by atoms with Crippen molar-refractivity contribution >= 4 is 16.3 Å². The Balaban J connectivity index is 1.71. The highest BCUT2D eigenvalue weighted by Crippen LogP contribution is 2.37. The molecule has 1 aliphatic rings. The van der Waals surface area contributed by atoms with Crippen molar-refractivity contribution in [3.05, 3.63) is 47.1 Å². The first-order valence-corrected chi connectivity index (χ1v) is 8.67. The summed E-state index contributed by atoms with van der Waals surface area (Å²) < 4.78 is 0. The van der Waals surface area contributed by atoms with Crippen LogP contribution in [0.15, 0.2) is 35.8 Å². The fourth-order valence-corrected chi connectivity index (χ4v) is 4.18. The topological polar surface area (TPSA) is 16.1 Å². The number of anilines is 1. The van der Waals surface area contributed by atoms with E-state index in [2.05, 4.69) is 61.0 Å². The number of thiazole rings is 1. The highest BCUT2D eigenvalue weighted by atomic mass is 32.1. The maximum absolute atomic E-state index is 4.62. The minimum Gasteiger partial charge on any atom is -0.362 e. The van der Waals surface area contributed by atoms with Crippen molar-refractivity contribution in [2.24, 2.45) is 0 Å². The Hall–Kier alpha value is -1.35. The Labute approximate surface area is 131 Å². The zero-order valence-corrected chi connectivity index (χ0v) is 14.0. The molecule has 1 aliphatic heterocycles. The Morgan fingerprint density at radius 2 is 1.76 bits per heavy atom. The molecule has 0 aliphatic carbocycles. The summed E-state index contributed by atoms with van der Waals surface area (Å²) in [6, 6.07) is 11.0. The van der Waals surface area contributed by atoms with Crippen molar-refractivity contribution in [2.45, 2.75) is 44.9 Å². The molecular weight excluding hydrogens is 276 g/mol. The molecule has 0 saturated carbocycles. The zero-order valence-electron chi connectivity index (χ0n) is 13.2. The van der Waals surface area contributed by atoms with Crippen LogP contribution in [0, 0.1) is 0 Å². The predicted octanol–water partition coefficient (Wildman–Crippen LogP) is 4.82. The van der Waals surface area contributed by atoms with E-state index in [1.165, 1.54) is 29.1 Å². The van der Waals surface area contributed by atoms with Crippen LogP contribution in [0.5, 0.6) is 0 Å². The molecular formula is C18H24N2S. The molecule has 0 atom stereocenters. The fraction of sp³-hybridized carbons (Fsp3) is 0.500. The number of aromatic nitrogens is 1. The van der Waals surface area contributed by atoms with Crippen LogP contribution in [-0.2, 0) is 5.41 Å². The second-order valence-electron chi connectivity index (χ2n) is 6.93. The van der Waals surface area contributed by atoms with E-state index >= 15 is 0 Å². The largest absolute Gasteiger partial charge is 0.362 e. The van der Waals surface area contributed by atoms with Crippen LogP contribution in [0.3, 0.4) is 0 Å². The van der Waals surface area contributed by atoms with Gasteiger partial charge in [0.25, 0.3) is 0 Å². The highest BCUT2D eigenvalue weighted by Gasteiger charge is 2.27. The lowest BCUT2D eigenvalue weighted by Crippen LogP contribution is -2.34. The maximum atomic E-state index is 4.62. The van der Waals surface area contributed by atoms with Gasteiger partial charge >= 0.3 is 0 Å². The average Bonchev–Trinajstić information content (AvgIpc) is 2.98. The highest BCUT2D eigenvalue weighted by molar-refractivity contribution is 7.14. The maximum Gasteiger partial charge on any atom is 0.115 e. The van der Waals surface area contributed by atoms with Crippen molar-refractivity contribution in [3.63, 3.8) is 0 Å². The molecule has 112 valence electrons. The molecule has 1 fully saturated rings. The van der Waals surface area contributed by atoms with Gasteiger partial charge < -0.3 is 4.90 Å². The minimum absolute atomic E-state index is 0.131. The van der Waals surface area contributed by atoms with Crippen LogP contribution in [0.1, 0.15) is 50.8 Å². The van der Waals surface area contributed by atoms with Crippen molar-refractivity contribution in [3.8, 4) is 0 Å². The monoisotopic (exact) mass is 300 g/mol. The van der Waals surface area contributed by atoms with Crippen molar-refractivity contribution < 1.29 is 0 Å². The Morgan fingerprint density at radius 3 is 2.38 bits per heavy atom. The molecule has 0 bridgehead atoms. The number of benzene rings is 1. The predicted molar refractivity (Wildman–Crippen MR) is 91.4 cm³/mol. The number of hydrogen-bond donors (Lipinski definition) is 0. The first kappa shape index (κ1) is 14.6. The van der Waals surface area contributed by atoms with Crippen molar-refractivity contribution in [2.75, 3.05) is 18.0 Å². The molecule has 0 spiro atoms. The summed E-state index contributed by atoms with van der Waals surface area (Å²) in [5.41, 5.74) is 4.88. The van der Waals surface area contributed by atoms with Gasteiger partial charge in [0.2, 0.25) is 0 Å². The molecule has 0 unspecified atom stereocenters. The number of piperidine rings is 1. The van der Waals surface area contributed by atoms with E-state index in [0.29, 0.717) is 5.92 Å². The average molecular weight is 300 g/mol. The van der Waals surface area contributed by atoms with Crippen molar-refractivity contribution in [1.82, 2.24) is 4.98 Å². The van der Waals surface area contributed by atoms with E-state index in [1.807, 2.05) is 5.51 Å². The van der Waals surface area contributed by atoms with E-state index in [-0.39, 0.29) is 5.41 Å². The fourth-order valence-electron chi connectivity index (χ4n) is 3.12. The summed E-state index contributed by atoms with van der Waals surface area (Å²) in [5.74, 6) is 0.716.